The number of phenolic OH excluding ortho intramolecular Hbond substituents is 1. The Balaban J connectivity index is 2.66. The van der Waals surface area contributed by atoms with Gasteiger partial charge in [0.25, 0.3) is 0 Å². The van der Waals surface area contributed by atoms with Crippen LogP contribution in [0.5, 0.6) is 5.75 Å². The number of nitrogens with two attached hydrogens (primary N) is 1. The molecule has 0 unspecified atom stereocenters. The molecule has 4 nitrogen and oxygen atoms in total. The van der Waals surface area contributed by atoms with Crippen molar-refractivity contribution in [2.24, 2.45) is 0 Å². The lowest BCUT2D eigenvalue weighted by atomic mass is 10.1. The van der Waals surface area contributed by atoms with Gasteiger partial charge in [0.05, 0.1) is 5.56 Å². The van der Waals surface area contributed by atoms with Crippen molar-refractivity contribution in [3.8, 4) is 17.0 Å². The number of anilines is 1. The van der Waals surface area contributed by atoms with Gasteiger partial charge in [-0.05, 0) is 12.1 Å². The first kappa shape index (κ1) is 9.45. The van der Waals surface area contributed by atoms with Crippen molar-refractivity contribution in [2.75, 3.05) is 5.73 Å². The zero-order valence-electron chi connectivity index (χ0n) is 7.37. The first-order chi connectivity index (χ1) is 7.09. The van der Waals surface area contributed by atoms with Crippen molar-refractivity contribution >= 4 is 5.88 Å². The zero-order valence-corrected chi connectivity index (χ0v) is 7.37. The van der Waals surface area contributed by atoms with Crippen molar-refractivity contribution in [3.63, 3.8) is 0 Å². The lowest BCUT2D eigenvalue weighted by Gasteiger charge is -2.01. The molecule has 0 amide bonds. The number of aromatic hydroxyl groups is 1. The van der Waals surface area contributed by atoms with E-state index in [0.29, 0.717) is 0 Å². The van der Waals surface area contributed by atoms with Crippen LogP contribution in [0.3, 0.4) is 0 Å². The van der Waals surface area contributed by atoms with Crippen LogP contribution >= 0.6 is 0 Å². The highest BCUT2D eigenvalue weighted by atomic mass is 19.1. The topological polar surface area (TPSA) is 72.3 Å². The third-order valence-electron chi connectivity index (χ3n) is 1.86. The number of phenols is 1. The Morgan fingerprint density at radius 3 is 2.67 bits per heavy atom. The Hall–Kier alpha value is -2.11. The van der Waals surface area contributed by atoms with E-state index in [1.165, 1.54) is 6.07 Å². The summed E-state index contributed by atoms with van der Waals surface area (Å²) in [6.07, 6.45) is 0. The van der Waals surface area contributed by atoms with Crippen LogP contribution in [-0.2, 0) is 0 Å². The van der Waals surface area contributed by atoms with E-state index in [4.69, 9.17) is 10.8 Å². The van der Waals surface area contributed by atoms with Crippen LogP contribution in [0, 0.1) is 11.6 Å². The normalized spacial score (nSPS) is 10.5. The van der Waals surface area contributed by atoms with Gasteiger partial charge in [0, 0.05) is 6.07 Å². The third kappa shape index (κ3) is 1.50. The Morgan fingerprint density at radius 1 is 1.33 bits per heavy atom. The van der Waals surface area contributed by atoms with E-state index in [9.17, 15) is 8.78 Å². The summed E-state index contributed by atoms with van der Waals surface area (Å²) in [5.41, 5.74) is 4.66. The summed E-state index contributed by atoms with van der Waals surface area (Å²) in [6.45, 7) is 0. The van der Waals surface area contributed by atoms with Crippen molar-refractivity contribution < 1.29 is 18.4 Å². The molecule has 1 aromatic carbocycles. The minimum atomic E-state index is -1.09. The van der Waals surface area contributed by atoms with Gasteiger partial charge in [-0.25, -0.2) is 8.78 Å². The first-order valence-electron chi connectivity index (χ1n) is 3.99. The summed E-state index contributed by atoms with van der Waals surface area (Å²) in [5, 5.41) is 12.4. The molecule has 1 aromatic heterocycles. The molecule has 0 saturated heterocycles. The molecule has 6 heteroatoms. The standard InChI is InChI=1S/C9H6F2N2O2/c10-4-1-2-6(14)9(11)8(4)5-3-7(12)15-13-5/h1-3,14H,12H2. The average molecular weight is 212 g/mol. The fraction of sp³-hybridized carbons (Fsp3) is 0. The van der Waals surface area contributed by atoms with E-state index in [-0.39, 0.29) is 11.6 Å². The summed E-state index contributed by atoms with van der Waals surface area (Å²) < 4.78 is 31.1. The van der Waals surface area contributed by atoms with Crippen LogP contribution in [-0.4, -0.2) is 10.3 Å². The zero-order chi connectivity index (χ0) is 11.0. The van der Waals surface area contributed by atoms with Crippen LogP contribution in [0.25, 0.3) is 11.3 Å². The number of nitrogen functional groups attached to an aromatic ring is 1. The molecule has 0 spiro atoms. The smallest absolute Gasteiger partial charge is 0.222 e. The number of hydrogen-bond donors (Lipinski definition) is 2. The monoisotopic (exact) mass is 212 g/mol. The van der Waals surface area contributed by atoms with Gasteiger partial charge in [0.1, 0.15) is 11.5 Å². The van der Waals surface area contributed by atoms with Crippen molar-refractivity contribution in [3.05, 3.63) is 29.8 Å². The summed E-state index contributed by atoms with van der Waals surface area (Å²) in [7, 11) is 0. The van der Waals surface area contributed by atoms with Gasteiger partial charge < -0.3 is 15.4 Å². The molecule has 3 N–H and O–H groups in total. The summed E-state index contributed by atoms with van der Waals surface area (Å²) >= 11 is 0. The average Bonchev–Trinajstić information content (AvgIpc) is 2.59. The molecule has 78 valence electrons. The van der Waals surface area contributed by atoms with Gasteiger partial charge in [-0.1, -0.05) is 5.16 Å². The maximum Gasteiger partial charge on any atom is 0.222 e. The van der Waals surface area contributed by atoms with Gasteiger partial charge >= 0.3 is 0 Å². The van der Waals surface area contributed by atoms with E-state index in [2.05, 4.69) is 9.68 Å². The van der Waals surface area contributed by atoms with E-state index >= 15 is 0 Å². The van der Waals surface area contributed by atoms with E-state index in [1.54, 1.807) is 0 Å². The second-order valence-corrected chi connectivity index (χ2v) is 2.87. The number of nitrogens with zero attached hydrogens (tertiary/aromatic N) is 1. The van der Waals surface area contributed by atoms with E-state index < -0.39 is 22.9 Å². The Morgan fingerprint density at radius 2 is 2.07 bits per heavy atom. The minimum absolute atomic E-state index is 0.0628. The first-order valence-corrected chi connectivity index (χ1v) is 3.99. The van der Waals surface area contributed by atoms with Crippen LogP contribution in [0.4, 0.5) is 14.7 Å². The van der Waals surface area contributed by atoms with Gasteiger partial charge in [-0.3, -0.25) is 0 Å². The Labute approximate surface area is 82.9 Å². The fourth-order valence-electron chi connectivity index (χ4n) is 1.18. The summed E-state index contributed by atoms with van der Waals surface area (Å²) in [4.78, 5) is 0. The Kier molecular flexibility index (Phi) is 2.03. The highest BCUT2D eigenvalue weighted by Gasteiger charge is 2.18. The van der Waals surface area contributed by atoms with Gasteiger partial charge in [-0.2, -0.15) is 0 Å². The van der Waals surface area contributed by atoms with Gasteiger partial charge in [0.15, 0.2) is 11.6 Å². The second kappa shape index (κ2) is 3.23. The highest BCUT2D eigenvalue weighted by molar-refractivity contribution is 5.64. The van der Waals surface area contributed by atoms with Crippen molar-refractivity contribution in [1.29, 1.82) is 0 Å². The van der Waals surface area contributed by atoms with Crippen molar-refractivity contribution in [2.45, 2.75) is 0 Å². The molecule has 0 aliphatic rings. The number of benzene rings is 1. The fourth-order valence-corrected chi connectivity index (χ4v) is 1.18. The van der Waals surface area contributed by atoms with Crippen LogP contribution in [0.2, 0.25) is 0 Å². The molecule has 0 aliphatic carbocycles. The highest BCUT2D eigenvalue weighted by Crippen LogP contribution is 2.30. The van der Waals surface area contributed by atoms with Crippen LogP contribution in [0.15, 0.2) is 22.7 Å². The lowest BCUT2D eigenvalue weighted by Crippen LogP contribution is -1.90. The molecule has 2 rings (SSSR count). The predicted octanol–water partition coefficient (Wildman–Crippen LogP) is 1.91. The van der Waals surface area contributed by atoms with Gasteiger partial charge in [-0.15, -0.1) is 0 Å². The molecule has 0 fully saturated rings. The Bertz CT molecular complexity index is 511. The second-order valence-electron chi connectivity index (χ2n) is 2.87. The molecular formula is C9H6F2N2O2. The summed E-state index contributed by atoms with van der Waals surface area (Å²) in [5.74, 6) is -2.66. The predicted molar refractivity (Wildman–Crippen MR) is 47.9 cm³/mol. The maximum atomic E-state index is 13.3. The molecule has 0 radical (unpaired) electrons. The number of aromatic nitrogens is 1. The lowest BCUT2D eigenvalue weighted by molar-refractivity contribution is 0.425. The third-order valence-corrected chi connectivity index (χ3v) is 1.86. The molecule has 0 aliphatic heterocycles. The quantitative estimate of drug-likeness (QED) is 0.757. The van der Waals surface area contributed by atoms with E-state index in [0.717, 1.165) is 12.1 Å². The summed E-state index contributed by atoms with van der Waals surface area (Å²) in [6, 6.07) is 3.01. The number of halogens is 2. The molecule has 1 heterocycles. The molecule has 2 aromatic rings. The maximum absolute atomic E-state index is 13.3. The number of rotatable bonds is 1. The van der Waals surface area contributed by atoms with Crippen LogP contribution < -0.4 is 5.73 Å². The number of hydrogen-bond acceptors (Lipinski definition) is 4. The van der Waals surface area contributed by atoms with E-state index in [1.807, 2.05) is 0 Å². The SMILES string of the molecule is Nc1cc(-c2c(F)ccc(O)c2F)no1. The largest absolute Gasteiger partial charge is 0.505 e. The van der Waals surface area contributed by atoms with Crippen molar-refractivity contribution in [1.82, 2.24) is 5.16 Å². The minimum Gasteiger partial charge on any atom is -0.505 e. The molecule has 0 bridgehead atoms. The van der Waals surface area contributed by atoms with Gasteiger partial charge in [0.2, 0.25) is 5.88 Å². The van der Waals surface area contributed by atoms with Crippen LogP contribution in [0.1, 0.15) is 0 Å². The molecule has 0 saturated carbocycles. The molecule has 15 heavy (non-hydrogen) atoms. The molecular weight excluding hydrogens is 206 g/mol. The molecule has 0 atom stereocenters.